The van der Waals surface area contributed by atoms with E-state index in [4.69, 9.17) is 4.74 Å². The lowest BCUT2D eigenvalue weighted by atomic mass is 10.2. The molecule has 0 aliphatic heterocycles. The summed E-state index contributed by atoms with van der Waals surface area (Å²) in [4.78, 5) is 21.1. The Morgan fingerprint density at radius 1 is 1.55 bits per heavy atom. The molecule has 0 unspecified atom stereocenters. The maximum Gasteiger partial charge on any atom is 0.344 e. The highest BCUT2D eigenvalue weighted by molar-refractivity contribution is 7.13. The number of benzene rings is 1. The number of aromatic nitrogens is 1. The number of fused-ring (bicyclic) bond motifs is 1. The van der Waals surface area contributed by atoms with Crippen LogP contribution in [0.1, 0.15) is 6.92 Å². The minimum absolute atomic E-state index is 0.0184. The lowest BCUT2D eigenvalue weighted by molar-refractivity contribution is -0.384. The lowest BCUT2D eigenvalue weighted by Gasteiger charge is -2.03. The number of hydrogen-bond donors (Lipinski definition) is 0. The van der Waals surface area contributed by atoms with Crippen molar-refractivity contribution in [3.63, 3.8) is 0 Å². The number of nitrogens with zero attached hydrogens (tertiary/aromatic N) is 2. The van der Waals surface area contributed by atoms with E-state index in [9.17, 15) is 19.3 Å². The number of ether oxygens (including phenoxy) is 2. The van der Waals surface area contributed by atoms with Crippen molar-refractivity contribution < 1.29 is 23.6 Å². The van der Waals surface area contributed by atoms with Crippen LogP contribution in [0.2, 0.25) is 0 Å². The van der Waals surface area contributed by atoms with Gasteiger partial charge in [-0.15, -0.1) is 0 Å². The third kappa shape index (κ3) is 2.82. The van der Waals surface area contributed by atoms with Crippen molar-refractivity contribution in [2.45, 2.75) is 6.92 Å². The predicted octanol–water partition coefficient (Wildman–Crippen LogP) is 2.29. The largest absolute Gasteiger partial charge is 0.465 e. The second kappa shape index (κ2) is 5.78. The van der Waals surface area contributed by atoms with Crippen LogP contribution in [-0.4, -0.2) is 28.5 Å². The van der Waals surface area contributed by atoms with Crippen molar-refractivity contribution in [2.24, 2.45) is 0 Å². The SMILES string of the molecule is CCOC(=O)COc1nsc2cc([N+](=O)[O-])cc(F)c12. The molecule has 0 N–H and O–H groups in total. The molecule has 2 rings (SSSR count). The van der Waals surface area contributed by atoms with E-state index in [-0.39, 0.29) is 28.3 Å². The van der Waals surface area contributed by atoms with Crippen LogP contribution >= 0.6 is 11.5 Å². The molecule has 7 nitrogen and oxygen atoms in total. The standard InChI is InChI=1S/C11H9FN2O5S/c1-2-18-9(15)5-19-11-10-7(12)3-6(14(16)17)4-8(10)20-13-11/h3-4H,2,5H2,1H3. The fourth-order valence-corrected chi connectivity index (χ4v) is 2.29. The van der Waals surface area contributed by atoms with Gasteiger partial charge in [0.05, 0.1) is 27.7 Å². The number of non-ortho nitro benzene ring substituents is 1. The molecule has 1 heterocycles. The quantitative estimate of drug-likeness (QED) is 0.478. The molecule has 0 spiro atoms. The van der Waals surface area contributed by atoms with Gasteiger partial charge in [-0.1, -0.05) is 0 Å². The summed E-state index contributed by atoms with van der Waals surface area (Å²) in [5, 5.41) is 10.6. The maximum absolute atomic E-state index is 13.8. The van der Waals surface area contributed by atoms with Crippen LogP contribution < -0.4 is 4.74 Å². The Morgan fingerprint density at radius 3 is 2.95 bits per heavy atom. The second-order valence-electron chi connectivity index (χ2n) is 3.64. The van der Waals surface area contributed by atoms with Crippen LogP contribution in [0.3, 0.4) is 0 Å². The molecule has 0 saturated heterocycles. The van der Waals surface area contributed by atoms with Crippen molar-refractivity contribution in [2.75, 3.05) is 13.2 Å². The van der Waals surface area contributed by atoms with E-state index in [1.165, 1.54) is 6.07 Å². The fourth-order valence-electron chi connectivity index (χ4n) is 1.52. The zero-order valence-electron chi connectivity index (χ0n) is 10.3. The van der Waals surface area contributed by atoms with Gasteiger partial charge in [0, 0.05) is 6.07 Å². The van der Waals surface area contributed by atoms with Crippen LogP contribution in [-0.2, 0) is 9.53 Å². The molecule has 2 aromatic rings. The van der Waals surface area contributed by atoms with E-state index in [0.29, 0.717) is 0 Å². The lowest BCUT2D eigenvalue weighted by Crippen LogP contribution is -2.14. The molecule has 0 bridgehead atoms. The summed E-state index contributed by atoms with van der Waals surface area (Å²) in [5.74, 6) is -1.50. The van der Waals surface area contributed by atoms with Gasteiger partial charge in [0.2, 0.25) is 5.88 Å². The summed E-state index contributed by atoms with van der Waals surface area (Å²) in [5.41, 5.74) is -0.365. The summed E-state index contributed by atoms with van der Waals surface area (Å²) in [6.45, 7) is 1.46. The first-order chi connectivity index (χ1) is 9.52. The van der Waals surface area contributed by atoms with Crippen LogP contribution in [0, 0.1) is 15.9 Å². The highest BCUT2D eigenvalue weighted by atomic mass is 32.1. The molecular formula is C11H9FN2O5S. The van der Waals surface area contributed by atoms with Crippen LogP contribution in [0.4, 0.5) is 10.1 Å². The molecule has 0 aliphatic rings. The molecule has 1 aromatic carbocycles. The first kappa shape index (κ1) is 14.1. The first-order valence-corrected chi connectivity index (χ1v) is 6.32. The highest BCUT2D eigenvalue weighted by Crippen LogP contribution is 2.34. The molecule has 20 heavy (non-hydrogen) atoms. The molecule has 0 radical (unpaired) electrons. The van der Waals surface area contributed by atoms with Gasteiger partial charge in [-0.3, -0.25) is 10.1 Å². The van der Waals surface area contributed by atoms with E-state index >= 15 is 0 Å². The average Bonchev–Trinajstić information content (AvgIpc) is 2.80. The number of esters is 1. The molecule has 0 saturated carbocycles. The molecular weight excluding hydrogens is 291 g/mol. The van der Waals surface area contributed by atoms with Crippen molar-refractivity contribution in [1.29, 1.82) is 0 Å². The Kier molecular flexibility index (Phi) is 4.08. The predicted molar refractivity (Wildman–Crippen MR) is 68.4 cm³/mol. The maximum atomic E-state index is 13.8. The van der Waals surface area contributed by atoms with Crippen LogP contribution in [0.15, 0.2) is 12.1 Å². The number of rotatable bonds is 5. The zero-order valence-corrected chi connectivity index (χ0v) is 11.1. The van der Waals surface area contributed by atoms with Gasteiger partial charge in [-0.05, 0) is 18.5 Å². The number of carbonyl (C=O) groups is 1. The average molecular weight is 300 g/mol. The van der Waals surface area contributed by atoms with Crippen molar-refractivity contribution in [3.05, 3.63) is 28.1 Å². The number of nitro groups is 1. The van der Waals surface area contributed by atoms with Crippen LogP contribution in [0.5, 0.6) is 5.88 Å². The Labute approximate surface area is 116 Å². The summed E-state index contributed by atoms with van der Waals surface area (Å²) >= 11 is 0.853. The summed E-state index contributed by atoms with van der Waals surface area (Å²) in [6, 6.07) is 1.99. The molecule has 0 fully saturated rings. The van der Waals surface area contributed by atoms with Gasteiger partial charge < -0.3 is 9.47 Å². The fraction of sp³-hybridized carbons (Fsp3) is 0.273. The number of nitro benzene ring substituents is 1. The molecule has 106 valence electrons. The number of halogens is 1. The monoisotopic (exact) mass is 300 g/mol. The molecule has 1 aromatic heterocycles. The van der Waals surface area contributed by atoms with Gasteiger partial charge in [0.25, 0.3) is 5.69 Å². The molecule has 0 aliphatic carbocycles. The van der Waals surface area contributed by atoms with Gasteiger partial charge in [-0.2, -0.15) is 4.37 Å². The van der Waals surface area contributed by atoms with E-state index in [1.807, 2.05) is 0 Å². The Morgan fingerprint density at radius 2 is 2.30 bits per heavy atom. The van der Waals surface area contributed by atoms with E-state index < -0.39 is 23.3 Å². The highest BCUT2D eigenvalue weighted by Gasteiger charge is 2.19. The summed E-state index contributed by atoms with van der Waals surface area (Å²) in [7, 11) is 0. The van der Waals surface area contributed by atoms with Gasteiger partial charge in [-0.25, -0.2) is 9.18 Å². The van der Waals surface area contributed by atoms with E-state index in [1.54, 1.807) is 6.92 Å². The van der Waals surface area contributed by atoms with Crippen molar-refractivity contribution >= 4 is 33.3 Å². The van der Waals surface area contributed by atoms with Crippen molar-refractivity contribution in [1.82, 2.24) is 4.37 Å². The summed E-state index contributed by atoms with van der Waals surface area (Å²) < 4.78 is 27.7. The van der Waals surface area contributed by atoms with Gasteiger partial charge in [0.1, 0.15) is 5.82 Å². The second-order valence-corrected chi connectivity index (χ2v) is 4.44. The Hall–Kier alpha value is -2.29. The van der Waals surface area contributed by atoms with Gasteiger partial charge in [0.15, 0.2) is 6.61 Å². The minimum atomic E-state index is -0.818. The Bertz CT molecular complexity index is 672. The van der Waals surface area contributed by atoms with E-state index in [2.05, 4.69) is 9.11 Å². The molecule has 9 heteroatoms. The number of hydrogen-bond acceptors (Lipinski definition) is 7. The summed E-state index contributed by atoms with van der Waals surface area (Å²) in [6.07, 6.45) is 0. The third-order valence-corrected chi connectivity index (χ3v) is 3.10. The zero-order chi connectivity index (χ0) is 14.7. The first-order valence-electron chi connectivity index (χ1n) is 5.54. The molecule has 0 amide bonds. The number of carbonyl (C=O) groups excluding carboxylic acids is 1. The van der Waals surface area contributed by atoms with Gasteiger partial charge >= 0.3 is 5.97 Å². The van der Waals surface area contributed by atoms with Crippen molar-refractivity contribution in [3.8, 4) is 5.88 Å². The smallest absolute Gasteiger partial charge is 0.344 e. The van der Waals surface area contributed by atoms with Crippen LogP contribution in [0.25, 0.3) is 10.1 Å². The third-order valence-electron chi connectivity index (χ3n) is 2.32. The normalized spacial score (nSPS) is 10.5. The van der Waals surface area contributed by atoms with E-state index in [0.717, 1.165) is 17.6 Å². The topological polar surface area (TPSA) is 91.6 Å². The Balaban J connectivity index is 2.28. The minimum Gasteiger partial charge on any atom is -0.465 e. The molecule has 0 atom stereocenters.